The van der Waals surface area contributed by atoms with Crippen molar-refractivity contribution < 1.29 is 41.7 Å². The normalized spacial score (nSPS) is 17.2. The molecule has 10 heteroatoms. The van der Waals surface area contributed by atoms with Crippen LogP contribution in [0.3, 0.4) is 0 Å². The van der Waals surface area contributed by atoms with Crippen molar-refractivity contribution >= 4 is 42.0 Å². The number of carbonyl (C=O) groups excluding carboxylic acids is 1. The van der Waals surface area contributed by atoms with Crippen molar-refractivity contribution in [1.82, 2.24) is 15.0 Å². The molecule has 2 aliphatic rings. The summed E-state index contributed by atoms with van der Waals surface area (Å²) in [6.45, 7) is 11.8. The summed E-state index contributed by atoms with van der Waals surface area (Å²) < 4.78 is 0. The summed E-state index contributed by atoms with van der Waals surface area (Å²) >= 11 is 0. The average Bonchev–Trinajstić information content (AvgIpc) is 3.59. The van der Waals surface area contributed by atoms with Crippen molar-refractivity contribution in [3.8, 4) is 0 Å². The van der Waals surface area contributed by atoms with E-state index in [4.69, 9.17) is 20.3 Å². The molecule has 1 unspecified atom stereocenters. The van der Waals surface area contributed by atoms with Gasteiger partial charge in [-0.2, -0.15) is 0 Å². The zero-order valence-electron chi connectivity index (χ0n) is 25.8. The molecule has 2 aliphatic heterocycles. The van der Waals surface area contributed by atoms with Crippen LogP contribution in [0.4, 0.5) is 0 Å². The first-order valence-electron chi connectivity index (χ1n) is 14.7. The summed E-state index contributed by atoms with van der Waals surface area (Å²) in [5, 5.41) is 25.0. The van der Waals surface area contributed by atoms with E-state index in [9.17, 15) is 24.6 Å². The molecule has 230 valence electrons. The van der Waals surface area contributed by atoms with Gasteiger partial charge < -0.3 is 30.5 Å². The van der Waals surface area contributed by atoms with Crippen LogP contribution in [0.1, 0.15) is 96.2 Å². The van der Waals surface area contributed by atoms with Crippen LogP contribution in [-0.2, 0) is 50.7 Å². The minimum Gasteiger partial charge on any atom is -0.658 e. The van der Waals surface area contributed by atoms with Crippen LogP contribution in [0.2, 0.25) is 0 Å². The Balaban J connectivity index is 0.00000442. The molecule has 1 saturated heterocycles. The molecule has 3 aromatic heterocycles. The Labute approximate surface area is 267 Å². The van der Waals surface area contributed by atoms with Crippen molar-refractivity contribution in [3.63, 3.8) is 0 Å². The van der Waals surface area contributed by atoms with E-state index in [-0.39, 0.29) is 48.5 Å². The van der Waals surface area contributed by atoms with Gasteiger partial charge in [-0.1, -0.05) is 77.2 Å². The zero-order valence-corrected chi connectivity index (χ0v) is 26.9. The van der Waals surface area contributed by atoms with E-state index in [0.29, 0.717) is 39.9 Å². The number of aliphatic carboxylic acids is 2. The van der Waals surface area contributed by atoms with Gasteiger partial charge in [-0.05, 0) is 53.4 Å². The van der Waals surface area contributed by atoms with Crippen LogP contribution in [0.15, 0.2) is 11.4 Å². The van der Waals surface area contributed by atoms with Gasteiger partial charge in [0.15, 0.2) is 0 Å². The van der Waals surface area contributed by atoms with Gasteiger partial charge in [0.25, 0.3) is 0 Å². The molecule has 5 rings (SSSR count). The molecule has 0 aromatic carbocycles. The Morgan fingerprint density at radius 3 is 1.86 bits per heavy atom. The van der Waals surface area contributed by atoms with Crippen LogP contribution in [0, 0.1) is 26.2 Å². The number of carbonyl (C=O) groups is 3. The Morgan fingerprint density at radius 1 is 0.727 bits per heavy atom. The molecule has 3 aromatic rings. The summed E-state index contributed by atoms with van der Waals surface area (Å²) in [5.41, 5.74) is 8.06. The number of ketones is 1. The summed E-state index contributed by atoms with van der Waals surface area (Å²) in [6, 6.07) is 0. The molecule has 0 saturated carbocycles. The van der Waals surface area contributed by atoms with Crippen molar-refractivity contribution in [2.24, 2.45) is 5.41 Å². The number of hydrogen-bond acceptors (Lipinski definition) is 3. The van der Waals surface area contributed by atoms with E-state index in [1.165, 1.54) is 0 Å². The average molecular weight is 637 g/mol. The SMILES string of the molecule is CCc1c2[n-]c(c1C)C=c1[n-]c(c(CCC(=O)O)c1C)=Cc1[n-]c(c(C)c1CCC(=O)O)C=C1[N-]C(=C2)C(C)(CC)C1=O.[Fe+4]. The molecule has 5 heterocycles. The number of carboxylic acids is 2. The van der Waals surface area contributed by atoms with Gasteiger partial charge in [0, 0.05) is 18.3 Å². The van der Waals surface area contributed by atoms with Crippen LogP contribution < -0.4 is 25.7 Å². The number of Topliss-reactive ketones (excluding diaryl/α,β-unsaturated/α-hetero) is 1. The standard InChI is InChI=1S/C34H39N4O5.Fe/c1-7-20-17(3)23-13-24-18(4)21(9-11-31(39)40)26(35-24)15-27-22(10-12-32(41)42)19(5)25(36-27)14-29-33(43)34(6,8-2)30(38-29)16-28(20)37-23;/h13-16H,7-12H2,1-6H3,(H5-,35,36,37,38,39,40,41,42,43);/q-1;+4/p-3. The van der Waals surface area contributed by atoms with Crippen LogP contribution >= 0.6 is 0 Å². The van der Waals surface area contributed by atoms with Crippen LogP contribution in [-0.4, -0.2) is 27.9 Å². The number of carboxylic acid groups (broad SMARTS) is 2. The first-order chi connectivity index (χ1) is 20.4. The second kappa shape index (κ2) is 12.5. The third kappa shape index (κ3) is 5.76. The molecule has 2 N–H and O–H groups in total. The number of allylic oxidation sites excluding steroid dienone is 2. The summed E-state index contributed by atoms with van der Waals surface area (Å²) in [7, 11) is 0. The minimum atomic E-state index is -0.927. The molecule has 0 spiro atoms. The third-order valence-electron chi connectivity index (χ3n) is 9.03. The fourth-order valence-corrected chi connectivity index (χ4v) is 6.06. The fourth-order valence-electron chi connectivity index (χ4n) is 6.06. The van der Waals surface area contributed by atoms with Crippen molar-refractivity contribution in [2.75, 3.05) is 0 Å². The first-order valence-corrected chi connectivity index (χ1v) is 14.7. The number of nitrogens with zero attached hydrogens (tertiary/aromatic N) is 4. The van der Waals surface area contributed by atoms with Gasteiger partial charge in [0.2, 0.25) is 0 Å². The molecule has 1 fully saturated rings. The molecule has 8 bridgehead atoms. The smallest absolute Gasteiger partial charge is 0.658 e. The maximum Gasteiger partial charge on any atom is 4.00 e. The van der Waals surface area contributed by atoms with Gasteiger partial charge in [-0.15, -0.1) is 39.2 Å². The maximum absolute atomic E-state index is 13.8. The molecular formula is C34H36FeN4O5. The van der Waals surface area contributed by atoms with E-state index in [2.05, 4.69) is 6.92 Å². The molecule has 0 aliphatic carbocycles. The molecule has 9 nitrogen and oxygen atoms in total. The van der Waals surface area contributed by atoms with Crippen molar-refractivity contribution in [2.45, 2.75) is 80.1 Å². The first kappa shape index (κ1) is 32.9. The molecule has 0 amide bonds. The van der Waals surface area contributed by atoms with Crippen molar-refractivity contribution in [3.05, 3.63) is 83.6 Å². The molecular weight excluding hydrogens is 600 g/mol. The predicted octanol–water partition coefficient (Wildman–Crippen LogP) is 3.80. The minimum absolute atomic E-state index is 0. The van der Waals surface area contributed by atoms with Gasteiger partial charge in [0.1, 0.15) is 5.78 Å². The van der Waals surface area contributed by atoms with Gasteiger partial charge in [-0.3, -0.25) is 14.4 Å². The van der Waals surface area contributed by atoms with E-state index in [1.807, 2.05) is 52.8 Å². The molecule has 1 atom stereocenters. The topological polar surface area (TPSA) is 148 Å². The summed E-state index contributed by atoms with van der Waals surface area (Å²) in [4.78, 5) is 51.6. The number of hydrogen-bond donors (Lipinski definition) is 2. The van der Waals surface area contributed by atoms with Crippen LogP contribution in [0.5, 0.6) is 0 Å². The van der Waals surface area contributed by atoms with E-state index in [1.54, 1.807) is 6.08 Å². The predicted molar refractivity (Wildman–Crippen MR) is 164 cm³/mol. The zero-order chi connectivity index (χ0) is 31.2. The van der Waals surface area contributed by atoms with Crippen molar-refractivity contribution in [1.29, 1.82) is 0 Å². The van der Waals surface area contributed by atoms with E-state index >= 15 is 0 Å². The van der Waals surface area contributed by atoms with E-state index in [0.717, 1.165) is 51.2 Å². The maximum atomic E-state index is 13.8. The second-order valence-electron chi connectivity index (χ2n) is 11.6. The Bertz CT molecular complexity index is 1850. The Kier molecular flexibility index (Phi) is 9.37. The number of fused-ring (bicyclic) bond motifs is 8. The van der Waals surface area contributed by atoms with Crippen LogP contribution in [0.25, 0.3) is 29.6 Å². The Hall–Kier alpha value is -4.01. The molecule has 44 heavy (non-hydrogen) atoms. The summed E-state index contributed by atoms with van der Waals surface area (Å²) in [6.07, 6.45) is 9.05. The third-order valence-corrected chi connectivity index (χ3v) is 9.03. The largest absolute Gasteiger partial charge is 4.00 e. The quantitative estimate of drug-likeness (QED) is 0.355. The van der Waals surface area contributed by atoms with Gasteiger partial charge >= 0.3 is 29.0 Å². The fraction of sp³-hybridized carbons (Fsp3) is 0.382. The van der Waals surface area contributed by atoms with Gasteiger partial charge in [-0.25, -0.2) is 0 Å². The summed E-state index contributed by atoms with van der Waals surface area (Å²) in [5.74, 6) is -1.92. The number of rotatable bonds is 8. The Morgan fingerprint density at radius 2 is 1.27 bits per heavy atom. The second-order valence-corrected chi connectivity index (χ2v) is 11.6. The number of aromatic nitrogens is 3. The van der Waals surface area contributed by atoms with E-state index < -0.39 is 17.4 Å². The molecule has 0 radical (unpaired) electrons. The van der Waals surface area contributed by atoms with Gasteiger partial charge in [0.05, 0.1) is 0 Å². The monoisotopic (exact) mass is 636 g/mol.